The van der Waals surface area contributed by atoms with E-state index in [4.69, 9.17) is 14.2 Å². The number of nitrogens with zero attached hydrogens (tertiary/aromatic N) is 3. The van der Waals surface area contributed by atoms with Gasteiger partial charge in [-0.1, -0.05) is 19.9 Å². The Morgan fingerprint density at radius 1 is 0.629 bits per heavy atom. The Kier molecular flexibility index (Phi) is 16.3. The first-order valence-electron chi connectivity index (χ1n) is 23.2. The zero-order chi connectivity index (χ0) is 46.7. The second-order valence-electron chi connectivity index (χ2n) is 23.3. The fraction of sp³-hybridized carbons (Fsp3) is 0.854. The Morgan fingerprint density at radius 3 is 1.37 bits per heavy atom. The molecule has 13 nitrogen and oxygen atoms in total. The summed E-state index contributed by atoms with van der Waals surface area (Å²) < 4.78 is 32.0. The van der Waals surface area contributed by atoms with Gasteiger partial charge >= 0.3 is 18.3 Å². The van der Waals surface area contributed by atoms with Gasteiger partial charge in [0.15, 0.2) is 5.78 Å². The molecule has 0 bridgehead atoms. The average molecular weight is 891 g/mol. The number of nitrogens with one attached hydrogen (secondary N) is 1. The fourth-order valence-electron chi connectivity index (χ4n) is 9.94. The molecule has 3 amide bonds. The van der Waals surface area contributed by atoms with Crippen molar-refractivity contribution >= 4 is 40.8 Å². The standard InChI is InChI=1S/C19H36N2O3S.C15H25NO3.C14H21NO3/c1-14-12-15(20-25(23)18(5,6)7)19(13-14)8-10-21(11-9-19)16(22)24-17(2,3)4;1-11-9-12(17)15(10-11)5-7-16(8-6-15)13(18)19-14(2,3)4;1-13(2,3)18-12(17)15-9-7-14(8-10-15)6-4-5-11(14)16/h14-15,20H,8-13H2,1-7H3;11H,5-10H2,1-4H3;4-5H,6-10H2,1-3H3. The second-order valence-corrected chi connectivity index (χ2v) is 25.3. The van der Waals surface area contributed by atoms with Gasteiger partial charge in [0.1, 0.15) is 22.6 Å². The Morgan fingerprint density at radius 2 is 1.03 bits per heavy atom. The summed E-state index contributed by atoms with van der Waals surface area (Å²) in [6.45, 7) is 31.3. The molecule has 6 aliphatic rings. The van der Waals surface area contributed by atoms with Crippen LogP contribution in [0, 0.1) is 28.1 Å². The molecule has 62 heavy (non-hydrogen) atoms. The number of hydrogen-bond acceptors (Lipinski definition) is 9. The third kappa shape index (κ3) is 14.0. The summed E-state index contributed by atoms with van der Waals surface area (Å²) in [5.41, 5.74) is -1.59. The molecule has 4 atom stereocenters. The van der Waals surface area contributed by atoms with E-state index in [1.165, 1.54) is 0 Å². The molecule has 0 radical (unpaired) electrons. The lowest BCUT2D eigenvalue weighted by atomic mass is 9.74. The van der Waals surface area contributed by atoms with Gasteiger partial charge in [0, 0.05) is 62.6 Å². The molecule has 0 aromatic heterocycles. The monoisotopic (exact) mass is 891 g/mol. The van der Waals surface area contributed by atoms with E-state index in [0.29, 0.717) is 50.2 Å². The van der Waals surface area contributed by atoms with E-state index in [1.54, 1.807) is 15.9 Å². The van der Waals surface area contributed by atoms with E-state index in [0.717, 1.165) is 77.3 Å². The van der Waals surface area contributed by atoms with Crippen LogP contribution in [0.4, 0.5) is 14.4 Å². The van der Waals surface area contributed by atoms with Crippen molar-refractivity contribution in [3.63, 3.8) is 0 Å². The first kappa shape index (κ1) is 51.6. The maximum Gasteiger partial charge on any atom is 0.410 e. The lowest BCUT2D eigenvalue weighted by molar-refractivity contribution is -0.128. The number of hydrogen-bond donors (Lipinski definition) is 1. The molecule has 2 saturated carbocycles. The molecule has 3 aliphatic carbocycles. The fourth-order valence-corrected chi connectivity index (χ4v) is 10.9. The van der Waals surface area contributed by atoms with Crippen molar-refractivity contribution in [1.29, 1.82) is 0 Å². The summed E-state index contributed by atoms with van der Waals surface area (Å²) in [5.74, 6) is 1.76. The largest absolute Gasteiger partial charge is 0.444 e. The van der Waals surface area contributed by atoms with Gasteiger partial charge in [-0.3, -0.25) is 9.59 Å². The summed E-state index contributed by atoms with van der Waals surface area (Å²) in [5, 5.41) is 0. The van der Waals surface area contributed by atoms with Crippen LogP contribution in [-0.2, 0) is 34.8 Å². The molecule has 0 aromatic carbocycles. The van der Waals surface area contributed by atoms with Crippen molar-refractivity contribution in [2.45, 2.75) is 195 Å². The maximum absolute atomic E-state index is 12.6. The van der Waals surface area contributed by atoms with Crippen LogP contribution in [0.1, 0.15) is 168 Å². The van der Waals surface area contributed by atoms with Crippen LogP contribution in [0.3, 0.4) is 0 Å². The van der Waals surface area contributed by atoms with Gasteiger partial charge in [-0.25, -0.2) is 23.3 Å². The van der Waals surface area contributed by atoms with Gasteiger partial charge in [-0.2, -0.15) is 0 Å². The number of ether oxygens (including phenoxy) is 3. The lowest BCUT2D eigenvalue weighted by Crippen LogP contribution is -2.52. The molecule has 3 spiro atoms. The average Bonchev–Trinajstić information content (AvgIpc) is 3.73. The van der Waals surface area contributed by atoms with Gasteiger partial charge in [-0.15, -0.1) is 0 Å². The number of carbonyl (C=O) groups excluding carboxylic acids is 5. The van der Waals surface area contributed by atoms with E-state index in [-0.39, 0.29) is 51.1 Å². The van der Waals surface area contributed by atoms with Gasteiger partial charge < -0.3 is 28.9 Å². The lowest BCUT2D eigenvalue weighted by Gasteiger charge is -2.43. The summed E-state index contributed by atoms with van der Waals surface area (Å²) in [6.07, 6.45) is 12.7. The van der Waals surface area contributed by atoms with Gasteiger partial charge in [0.05, 0.1) is 15.7 Å². The minimum Gasteiger partial charge on any atom is -0.444 e. The highest BCUT2D eigenvalue weighted by Crippen LogP contribution is 2.50. The molecule has 3 heterocycles. The highest BCUT2D eigenvalue weighted by molar-refractivity contribution is 7.84. The summed E-state index contributed by atoms with van der Waals surface area (Å²) in [4.78, 5) is 65.4. The Balaban J connectivity index is 0.000000208. The Bertz CT molecular complexity index is 1660. The van der Waals surface area contributed by atoms with E-state index in [1.807, 2.05) is 94.1 Å². The van der Waals surface area contributed by atoms with Crippen LogP contribution in [0.15, 0.2) is 12.2 Å². The van der Waals surface area contributed by atoms with Gasteiger partial charge in [0.25, 0.3) is 0 Å². The number of allylic oxidation sites excluding steroid dienone is 2. The van der Waals surface area contributed by atoms with Crippen LogP contribution in [-0.4, -0.2) is 116 Å². The van der Waals surface area contributed by atoms with Crippen molar-refractivity contribution in [2.24, 2.45) is 28.1 Å². The van der Waals surface area contributed by atoms with Crippen molar-refractivity contribution in [1.82, 2.24) is 19.4 Å². The molecule has 0 aromatic rings. The number of likely N-dealkylation sites (tertiary alicyclic amines) is 3. The zero-order valence-corrected chi connectivity index (χ0v) is 41.6. The highest BCUT2D eigenvalue weighted by atomic mass is 32.2. The second kappa shape index (κ2) is 19.6. The normalized spacial score (nSPS) is 26.2. The van der Waals surface area contributed by atoms with Crippen LogP contribution in [0.25, 0.3) is 0 Å². The number of amides is 3. The van der Waals surface area contributed by atoms with Crippen LogP contribution in [0.5, 0.6) is 0 Å². The van der Waals surface area contributed by atoms with E-state index in [9.17, 15) is 28.2 Å². The van der Waals surface area contributed by atoms with Gasteiger partial charge in [-0.05, 0) is 171 Å². The smallest absolute Gasteiger partial charge is 0.410 e. The third-order valence-electron chi connectivity index (χ3n) is 13.3. The van der Waals surface area contributed by atoms with E-state index < -0.39 is 27.8 Å². The number of Topliss-reactive ketones (excluding diaryl/α,β-unsaturated/α-hetero) is 1. The van der Waals surface area contributed by atoms with Crippen molar-refractivity contribution < 1.29 is 42.4 Å². The van der Waals surface area contributed by atoms with E-state index in [2.05, 4.69) is 18.6 Å². The highest BCUT2D eigenvalue weighted by Gasteiger charge is 2.50. The summed E-state index contributed by atoms with van der Waals surface area (Å²) >= 11 is 0. The minimum absolute atomic E-state index is 0.141. The topological polar surface area (TPSA) is 152 Å². The predicted molar refractivity (Wildman–Crippen MR) is 244 cm³/mol. The summed E-state index contributed by atoms with van der Waals surface area (Å²) in [6, 6.07) is 0.267. The molecule has 4 unspecified atom stereocenters. The first-order valence-corrected chi connectivity index (χ1v) is 24.4. The molecule has 354 valence electrons. The number of ketones is 2. The maximum atomic E-state index is 12.6. The van der Waals surface area contributed by atoms with Crippen LogP contribution in [0.2, 0.25) is 0 Å². The first-order chi connectivity index (χ1) is 28.4. The molecular formula is C48H82N4O9S. The molecule has 14 heteroatoms. The third-order valence-corrected chi connectivity index (χ3v) is 14.9. The Labute approximate surface area is 376 Å². The zero-order valence-electron chi connectivity index (χ0n) is 40.8. The quantitative estimate of drug-likeness (QED) is 0.268. The molecule has 3 aliphatic heterocycles. The predicted octanol–water partition coefficient (Wildman–Crippen LogP) is 9.39. The molecule has 1 N–H and O–H groups in total. The number of piperidine rings is 3. The Hall–Kier alpha value is -3.00. The van der Waals surface area contributed by atoms with Crippen molar-refractivity contribution in [2.75, 3.05) is 39.3 Å². The SMILES string of the molecule is CC(C)(C)OC(=O)N1CCC2(CC=CC2=O)CC1.CC1CC(=O)C2(CCN(C(=O)OC(C)(C)C)CC2)C1.CC1CC(NS(=O)C(C)(C)C)C2(CCN(C(=O)OC(C)(C)C)CC2)C1. The minimum atomic E-state index is -1.06. The van der Waals surface area contributed by atoms with E-state index >= 15 is 0 Å². The van der Waals surface area contributed by atoms with Crippen LogP contribution >= 0.6 is 0 Å². The van der Waals surface area contributed by atoms with Crippen molar-refractivity contribution in [3.8, 4) is 0 Å². The van der Waals surface area contributed by atoms with Crippen molar-refractivity contribution in [3.05, 3.63) is 12.2 Å². The molecular weight excluding hydrogens is 809 g/mol. The molecule has 3 saturated heterocycles. The van der Waals surface area contributed by atoms with Crippen LogP contribution < -0.4 is 4.72 Å². The molecule has 5 fully saturated rings. The number of rotatable bonds is 2. The summed E-state index contributed by atoms with van der Waals surface area (Å²) in [7, 11) is -1.06. The van der Waals surface area contributed by atoms with Gasteiger partial charge in [0.2, 0.25) is 0 Å². The molecule has 6 rings (SSSR count). The number of carbonyl (C=O) groups is 5.